The fraction of sp³-hybridized carbons (Fsp3) is 0.333. The quantitative estimate of drug-likeness (QED) is 0.835. The molecule has 0 saturated carbocycles. The molecule has 1 aromatic carbocycles. The lowest BCUT2D eigenvalue weighted by Crippen LogP contribution is -2.57. The van der Waals surface area contributed by atoms with Crippen molar-refractivity contribution in [2.75, 3.05) is 13.2 Å². The van der Waals surface area contributed by atoms with Crippen LogP contribution >= 0.6 is 0 Å². The monoisotopic (exact) mass is 273 g/mol. The van der Waals surface area contributed by atoms with Crippen molar-refractivity contribution in [2.45, 2.75) is 19.4 Å². The summed E-state index contributed by atoms with van der Waals surface area (Å²) < 4.78 is 5.69. The summed E-state index contributed by atoms with van der Waals surface area (Å²) >= 11 is 0. The van der Waals surface area contributed by atoms with Crippen molar-refractivity contribution in [3.05, 3.63) is 36.5 Å². The van der Waals surface area contributed by atoms with Gasteiger partial charge in [0.05, 0.1) is 5.52 Å². The summed E-state index contributed by atoms with van der Waals surface area (Å²) in [6.45, 7) is 4.47. The molecule has 0 aliphatic rings. The van der Waals surface area contributed by atoms with E-state index in [-0.39, 0.29) is 6.61 Å². The van der Waals surface area contributed by atoms with Gasteiger partial charge in [-0.2, -0.15) is 0 Å². The average molecular weight is 273 g/mol. The molecule has 5 nitrogen and oxygen atoms in total. The van der Waals surface area contributed by atoms with Gasteiger partial charge in [0.15, 0.2) is 0 Å². The Morgan fingerprint density at radius 2 is 2.25 bits per heavy atom. The number of benzene rings is 1. The molecule has 1 aromatic heterocycles. The molecular formula is C15H19N3O2. The van der Waals surface area contributed by atoms with Crippen molar-refractivity contribution in [1.29, 1.82) is 0 Å². The highest BCUT2D eigenvalue weighted by atomic mass is 16.5. The van der Waals surface area contributed by atoms with Gasteiger partial charge in [0.2, 0.25) is 5.91 Å². The molecule has 1 amide bonds. The second-order valence-electron chi connectivity index (χ2n) is 4.87. The van der Waals surface area contributed by atoms with Gasteiger partial charge in [-0.3, -0.25) is 9.78 Å². The van der Waals surface area contributed by atoms with Gasteiger partial charge >= 0.3 is 0 Å². The average Bonchev–Trinajstić information content (AvgIpc) is 2.45. The minimum atomic E-state index is -0.881. The summed E-state index contributed by atoms with van der Waals surface area (Å²) in [5.41, 5.74) is 5.39. The highest BCUT2D eigenvalue weighted by Gasteiger charge is 2.30. The molecular weight excluding hydrogens is 254 g/mol. The van der Waals surface area contributed by atoms with Crippen molar-refractivity contribution in [2.24, 2.45) is 5.73 Å². The first-order valence-corrected chi connectivity index (χ1v) is 6.57. The Kier molecular flexibility index (Phi) is 4.20. The molecule has 3 N–H and O–H groups in total. The molecule has 2 aromatic rings. The van der Waals surface area contributed by atoms with Crippen LogP contribution in [-0.4, -0.2) is 29.6 Å². The lowest BCUT2D eigenvalue weighted by molar-refractivity contribution is -0.124. The van der Waals surface area contributed by atoms with Crippen molar-refractivity contribution >= 4 is 16.8 Å². The number of amides is 1. The number of carbonyl (C=O) groups is 1. The van der Waals surface area contributed by atoms with E-state index < -0.39 is 11.4 Å². The van der Waals surface area contributed by atoms with E-state index in [0.717, 1.165) is 10.9 Å². The van der Waals surface area contributed by atoms with Crippen molar-refractivity contribution in [1.82, 2.24) is 10.3 Å². The van der Waals surface area contributed by atoms with Crippen LogP contribution in [0.4, 0.5) is 0 Å². The Balaban J connectivity index is 2.13. The third-order valence-corrected chi connectivity index (χ3v) is 3.22. The molecule has 0 fully saturated rings. The summed E-state index contributed by atoms with van der Waals surface area (Å²) in [5, 5.41) is 4.10. The summed E-state index contributed by atoms with van der Waals surface area (Å²) in [6, 6.07) is 9.52. The predicted octanol–water partition coefficient (Wildman–Crippen LogP) is 1.47. The number of rotatable bonds is 6. The number of hydrogen-bond acceptors (Lipinski definition) is 4. The van der Waals surface area contributed by atoms with Crippen molar-refractivity contribution < 1.29 is 9.53 Å². The maximum Gasteiger partial charge on any atom is 0.240 e. The number of aromatic nitrogens is 1. The standard InChI is InChI=1S/C15H19N3O2/c1-3-18-15(2,14(16)19)10-20-12-7-6-11-5-4-8-17-13(11)9-12/h4-9,18H,3,10H2,1-2H3,(H2,16,19). The predicted molar refractivity (Wildman–Crippen MR) is 78.5 cm³/mol. The minimum Gasteiger partial charge on any atom is -0.491 e. The van der Waals surface area contributed by atoms with Crippen LogP contribution < -0.4 is 15.8 Å². The fourth-order valence-electron chi connectivity index (χ4n) is 1.96. The molecule has 1 heterocycles. The van der Waals surface area contributed by atoms with E-state index in [2.05, 4.69) is 10.3 Å². The summed E-state index contributed by atoms with van der Waals surface area (Å²) in [6.07, 6.45) is 1.73. The van der Waals surface area contributed by atoms with Gasteiger partial charge < -0.3 is 15.8 Å². The fourth-order valence-corrected chi connectivity index (χ4v) is 1.96. The lowest BCUT2D eigenvalue weighted by Gasteiger charge is -2.26. The Morgan fingerprint density at radius 1 is 1.45 bits per heavy atom. The SMILES string of the molecule is CCNC(C)(COc1ccc2cccnc2c1)C(N)=O. The first-order valence-electron chi connectivity index (χ1n) is 6.57. The normalized spacial score (nSPS) is 13.9. The van der Waals surface area contributed by atoms with E-state index in [4.69, 9.17) is 10.5 Å². The zero-order valence-corrected chi connectivity index (χ0v) is 11.7. The summed E-state index contributed by atoms with van der Waals surface area (Å²) in [5.74, 6) is 0.236. The van der Waals surface area contributed by atoms with Gasteiger partial charge in [-0.25, -0.2) is 0 Å². The van der Waals surface area contributed by atoms with E-state index in [1.807, 2.05) is 37.3 Å². The molecule has 0 saturated heterocycles. The number of primary amides is 1. The number of nitrogens with zero attached hydrogens (tertiary/aromatic N) is 1. The van der Waals surface area contributed by atoms with Crippen LogP contribution in [0.25, 0.3) is 10.9 Å². The molecule has 0 bridgehead atoms. The Morgan fingerprint density at radius 3 is 2.95 bits per heavy atom. The molecule has 1 unspecified atom stereocenters. The first kappa shape index (κ1) is 14.3. The topological polar surface area (TPSA) is 77.2 Å². The number of ether oxygens (including phenoxy) is 1. The lowest BCUT2D eigenvalue weighted by atomic mass is 10.0. The Labute approximate surface area is 118 Å². The number of hydrogen-bond donors (Lipinski definition) is 2. The van der Waals surface area contributed by atoms with E-state index in [1.54, 1.807) is 13.1 Å². The zero-order chi connectivity index (χ0) is 14.6. The van der Waals surface area contributed by atoms with E-state index in [9.17, 15) is 4.79 Å². The maximum absolute atomic E-state index is 11.5. The van der Waals surface area contributed by atoms with Gasteiger partial charge in [-0.15, -0.1) is 0 Å². The third kappa shape index (κ3) is 3.05. The van der Waals surface area contributed by atoms with Crippen LogP contribution in [0.1, 0.15) is 13.8 Å². The number of nitrogens with one attached hydrogen (secondary N) is 1. The number of pyridine rings is 1. The maximum atomic E-state index is 11.5. The van der Waals surface area contributed by atoms with Gasteiger partial charge in [0, 0.05) is 17.6 Å². The van der Waals surface area contributed by atoms with E-state index in [0.29, 0.717) is 12.3 Å². The molecule has 106 valence electrons. The zero-order valence-electron chi connectivity index (χ0n) is 11.7. The van der Waals surface area contributed by atoms with Gasteiger partial charge in [-0.1, -0.05) is 13.0 Å². The molecule has 1 atom stereocenters. The van der Waals surface area contributed by atoms with Gasteiger partial charge in [0.1, 0.15) is 17.9 Å². The van der Waals surface area contributed by atoms with Gasteiger partial charge in [0.25, 0.3) is 0 Å². The Hall–Kier alpha value is -2.14. The summed E-state index contributed by atoms with van der Waals surface area (Å²) in [4.78, 5) is 15.8. The van der Waals surface area contributed by atoms with Crippen LogP contribution in [0.5, 0.6) is 5.75 Å². The van der Waals surface area contributed by atoms with Gasteiger partial charge in [-0.05, 0) is 31.7 Å². The second kappa shape index (κ2) is 5.88. The molecule has 0 radical (unpaired) electrons. The third-order valence-electron chi connectivity index (χ3n) is 3.22. The molecule has 0 spiro atoms. The number of likely N-dealkylation sites (N-methyl/N-ethyl adjacent to an activating group) is 1. The van der Waals surface area contributed by atoms with E-state index >= 15 is 0 Å². The van der Waals surface area contributed by atoms with E-state index in [1.165, 1.54) is 0 Å². The highest BCUT2D eigenvalue weighted by molar-refractivity contribution is 5.84. The van der Waals surface area contributed by atoms with Crippen LogP contribution in [0.15, 0.2) is 36.5 Å². The number of fused-ring (bicyclic) bond motifs is 1. The van der Waals surface area contributed by atoms with Crippen molar-refractivity contribution in [3.8, 4) is 5.75 Å². The summed E-state index contributed by atoms with van der Waals surface area (Å²) in [7, 11) is 0. The Bertz CT molecular complexity index is 615. The number of nitrogens with two attached hydrogens (primary N) is 1. The minimum absolute atomic E-state index is 0.175. The number of carbonyl (C=O) groups excluding carboxylic acids is 1. The molecule has 0 aliphatic heterocycles. The molecule has 0 aliphatic carbocycles. The highest BCUT2D eigenvalue weighted by Crippen LogP contribution is 2.19. The first-order chi connectivity index (χ1) is 9.55. The van der Waals surface area contributed by atoms with Crippen LogP contribution in [0.3, 0.4) is 0 Å². The van der Waals surface area contributed by atoms with Crippen LogP contribution in [0.2, 0.25) is 0 Å². The molecule has 5 heteroatoms. The molecule has 20 heavy (non-hydrogen) atoms. The smallest absolute Gasteiger partial charge is 0.240 e. The largest absolute Gasteiger partial charge is 0.491 e. The van der Waals surface area contributed by atoms with Crippen LogP contribution in [0, 0.1) is 0 Å². The second-order valence-corrected chi connectivity index (χ2v) is 4.87. The molecule has 2 rings (SSSR count). The van der Waals surface area contributed by atoms with Crippen molar-refractivity contribution in [3.63, 3.8) is 0 Å². The van der Waals surface area contributed by atoms with Crippen LogP contribution in [-0.2, 0) is 4.79 Å².